The second kappa shape index (κ2) is 12.2. The van der Waals surface area contributed by atoms with Crippen molar-refractivity contribution in [1.82, 2.24) is 34.8 Å². The highest BCUT2D eigenvalue weighted by molar-refractivity contribution is 8.01. The molecule has 226 valence electrons. The summed E-state index contributed by atoms with van der Waals surface area (Å²) < 4.78 is 11.8. The van der Waals surface area contributed by atoms with Gasteiger partial charge in [0.05, 0.1) is 5.41 Å². The summed E-state index contributed by atoms with van der Waals surface area (Å²) in [5.74, 6) is -1.86. The molecule has 0 spiro atoms. The molecular formula is C24H25N9O7S3. The Labute approximate surface area is 256 Å². The van der Waals surface area contributed by atoms with Crippen molar-refractivity contribution in [3.63, 3.8) is 0 Å². The highest BCUT2D eigenvalue weighted by atomic mass is 32.2. The van der Waals surface area contributed by atoms with E-state index in [0.717, 1.165) is 11.3 Å². The molecule has 2 aliphatic heterocycles. The summed E-state index contributed by atoms with van der Waals surface area (Å²) in [4.78, 5) is 65.3. The molecule has 0 aromatic carbocycles. The standard InChI is InChI=1S/C24H25N9O7S3/c1-24(2,3)21(37)40-10-39-20(36)16-11(6-41-13-4-5-32-23(29-13)26-9-27-32)7-42-19-15(18(35)33(16)19)30-17(34)14(31-38)12-8-43-22(25)28-12/h4-5,8-9,15,19,38H,6-7,10H2,1-3H3,(H2,25,28)(H,30,34)/t15-,19-/m1/s1. The number of nitrogens with two attached hydrogens (primary N) is 1. The van der Waals surface area contributed by atoms with E-state index in [-0.39, 0.29) is 22.3 Å². The number of fused-ring (bicyclic) bond motifs is 2. The number of β-lactam (4-membered cyclic amide) rings is 1. The van der Waals surface area contributed by atoms with Crippen LogP contribution < -0.4 is 11.1 Å². The number of aromatic nitrogens is 5. The van der Waals surface area contributed by atoms with E-state index in [1.54, 1.807) is 33.0 Å². The second-order valence-corrected chi connectivity index (χ2v) is 13.1. The zero-order chi connectivity index (χ0) is 30.9. The highest BCUT2D eigenvalue weighted by Crippen LogP contribution is 2.42. The number of thiazole rings is 1. The van der Waals surface area contributed by atoms with Crippen molar-refractivity contribution in [3.05, 3.63) is 40.9 Å². The maximum atomic E-state index is 13.3. The van der Waals surface area contributed by atoms with E-state index in [1.165, 1.54) is 44.6 Å². The average Bonchev–Trinajstić information content (AvgIpc) is 3.62. The Morgan fingerprint density at radius 3 is 2.77 bits per heavy atom. The smallest absolute Gasteiger partial charge is 0.357 e. The van der Waals surface area contributed by atoms with E-state index >= 15 is 0 Å². The van der Waals surface area contributed by atoms with Gasteiger partial charge in [-0.3, -0.25) is 19.3 Å². The number of ether oxygens (including phenoxy) is 2. The normalized spacial score (nSPS) is 18.7. The number of hydrogen-bond acceptors (Lipinski definition) is 16. The zero-order valence-corrected chi connectivity index (χ0v) is 25.4. The van der Waals surface area contributed by atoms with E-state index in [9.17, 15) is 24.4 Å². The van der Waals surface area contributed by atoms with Crippen LogP contribution in [-0.2, 0) is 28.7 Å². The Bertz CT molecular complexity index is 1660. The lowest BCUT2D eigenvalue weighted by Gasteiger charge is -2.49. The number of carbonyl (C=O) groups excluding carboxylic acids is 4. The van der Waals surface area contributed by atoms with Crippen LogP contribution in [0, 0.1) is 5.41 Å². The van der Waals surface area contributed by atoms with Gasteiger partial charge < -0.3 is 25.7 Å². The van der Waals surface area contributed by atoms with Crippen LogP contribution in [0.5, 0.6) is 0 Å². The van der Waals surface area contributed by atoms with E-state index in [1.807, 2.05) is 0 Å². The number of hydrogen-bond donors (Lipinski definition) is 3. The third-order valence-electron chi connectivity index (χ3n) is 6.12. The third kappa shape index (κ3) is 6.27. The Morgan fingerprint density at radius 2 is 2.07 bits per heavy atom. The summed E-state index contributed by atoms with van der Waals surface area (Å²) in [6, 6.07) is 0.713. The minimum absolute atomic E-state index is 0.00886. The molecule has 5 rings (SSSR count). The molecule has 3 aromatic heterocycles. The number of anilines is 1. The van der Waals surface area contributed by atoms with Crippen LogP contribution in [0.2, 0.25) is 0 Å². The maximum Gasteiger partial charge on any atom is 0.357 e. The predicted octanol–water partition coefficient (Wildman–Crippen LogP) is 0.878. The molecule has 2 aliphatic rings. The second-order valence-electron chi connectivity index (χ2n) is 10.1. The minimum atomic E-state index is -1.03. The molecule has 2 amide bonds. The molecule has 2 atom stereocenters. The van der Waals surface area contributed by atoms with Crippen LogP contribution in [0.3, 0.4) is 0 Å². The molecule has 43 heavy (non-hydrogen) atoms. The topological polar surface area (TPSA) is 217 Å². The first-order valence-electron chi connectivity index (χ1n) is 12.5. The van der Waals surface area contributed by atoms with Gasteiger partial charge in [-0.2, -0.15) is 10.1 Å². The molecule has 0 aliphatic carbocycles. The van der Waals surface area contributed by atoms with Crippen molar-refractivity contribution in [2.24, 2.45) is 10.6 Å². The summed E-state index contributed by atoms with van der Waals surface area (Å²) in [6.07, 6.45) is 3.08. The number of oxime groups is 1. The van der Waals surface area contributed by atoms with Crippen molar-refractivity contribution >= 4 is 75.2 Å². The number of nitrogen functional groups attached to an aromatic ring is 1. The Kier molecular flexibility index (Phi) is 8.56. The number of carbonyl (C=O) groups is 4. The molecule has 0 saturated carbocycles. The molecule has 16 nitrogen and oxygen atoms in total. The Balaban J connectivity index is 1.33. The summed E-state index contributed by atoms with van der Waals surface area (Å²) >= 11 is 3.70. The number of rotatable bonds is 9. The van der Waals surface area contributed by atoms with E-state index in [2.05, 4.69) is 30.5 Å². The number of esters is 2. The van der Waals surface area contributed by atoms with Gasteiger partial charge in [0, 0.05) is 23.1 Å². The lowest BCUT2D eigenvalue weighted by Crippen LogP contribution is -2.71. The third-order valence-corrected chi connectivity index (χ3v) is 9.15. The van der Waals surface area contributed by atoms with Gasteiger partial charge in [0.1, 0.15) is 34.2 Å². The Morgan fingerprint density at radius 1 is 1.28 bits per heavy atom. The first-order valence-corrected chi connectivity index (χ1v) is 15.4. The van der Waals surface area contributed by atoms with Crippen LogP contribution in [0.1, 0.15) is 26.5 Å². The summed E-state index contributed by atoms with van der Waals surface area (Å²) in [6.45, 7) is 4.34. The molecule has 1 fully saturated rings. The van der Waals surface area contributed by atoms with Crippen molar-refractivity contribution in [1.29, 1.82) is 0 Å². The van der Waals surface area contributed by atoms with Crippen LogP contribution in [0.25, 0.3) is 5.78 Å². The molecule has 0 radical (unpaired) electrons. The van der Waals surface area contributed by atoms with E-state index < -0.39 is 53.1 Å². The van der Waals surface area contributed by atoms with Crippen LogP contribution in [0.15, 0.2) is 45.4 Å². The van der Waals surface area contributed by atoms with Gasteiger partial charge in [0.2, 0.25) is 6.79 Å². The van der Waals surface area contributed by atoms with Crippen LogP contribution in [0.4, 0.5) is 5.13 Å². The maximum absolute atomic E-state index is 13.3. The number of nitrogens with zero attached hydrogens (tertiary/aromatic N) is 7. The predicted molar refractivity (Wildman–Crippen MR) is 155 cm³/mol. The van der Waals surface area contributed by atoms with E-state index in [4.69, 9.17) is 15.2 Å². The fourth-order valence-corrected chi connectivity index (χ4v) is 6.85. The monoisotopic (exact) mass is 647 g/mol. The molecule has 19 heteroatoms. The molecule has 0 bridgehead atoms. The molecule has 5 heterocycles. The summed E-state index contributed by atoms with van der Waals surface area (Å²) in [5.41, 5.74) is 5.02. The van der Waals surface area contributed by atoms with Crippen molar-refractivity contribution in [2.75, 3.05) is 24.0 Å². The van der Waals surface area contributed by atoms with Crippen LogP contribution in [-0.4, -0.2) is 93.9 Å². The van der Waals surface area contributed by atoms with Gasteiger partial charge in [0.15, 0.2) is 10.8 Å². The molecule has 3 aromatic rings. The molecular weight excluding hydrogens is 623 g/mol. The van der Waals surface area contributed by atoms with Gasteiger partial charge in [-0.25, -0.2) is 19.3 Å². The van der Waals surface area contributed by atoms with E-state index in [0.29, 0.717) is 22.1 Å². The fraction of sp³-hybridized carbons (Fsp3) is 0.375. The van der Waals surface area contributed by atoms with Gasteiger partial charge >= 0.3 is 11.9 Å². The fourth-order valence-electron chi connectivity index (χ4n) is 3.96. The number of nitrogens with one attached hydrogen (secondary N) is 1. The van der Waals surface area contributed by atoms with Crippen LogP contribution >= 0.6 is 34.9 Å². The minimum Gasteiger partial charge on any atom is -0.427 e. The Hall–Kier alpha value is -4.23. The first-order chi connectivity index (χ1) is 20.5. The quantitative estimate of drug-likeness (QED) is 0.0429. The van der Waals surface area contributed by atoms with Crippen molar-refractivity contribution in [2.45, 2.75) is 37.2 Å². The largest absolute Gasteiger partial charge is 0.427 e. The van der Waals surface area contributed by atoms with Gasteiger partial charge in [0.25, 0.3) is 17.6 Å². The lowest BCUT2D eigenvalue weighted by atomic mass is 9.98. The van der Waals surface area contributed by atoms with Gasteiger partial charge in [-0.15, -0.1) is 34.9 Å². The zero-order valence-electron chi connectivity index (χ0n) is 22.9. The SMILES string of the molecule is CC(C)(C)C(=O)OCOC(=O)C1=C(CSc2ccn3ncnc3n2)CS[C@@H]2[C@H](NC(=O)C(=NO)c3csc(N)n3)C(=O)N12. The molecule has 0 unspecified atom stereocenters. The molecule has 1 saturated heterocycles. The van der Waals surface area contributed by atoms with Gasteiger partial charge in [-0.1, -0.05) is 5.16 Å². The first kappa shape index (κ1) is 30.2. The summed E-state index contributed by atoms with van der Waals surface area (Å²) in [7, 11) is 0. The van der Waals surface area contributed by atoms with Crippen molar-refractivity contribution < 1.29 is 33.9 Å². The van der Waals surface area contributed by atoms with Crippen molar-refractivity contribution in [3.8, 4) is 0 Å². The number of amides is 2. The summed E-state index contributed by atoms with van der Waals surface area (Å²) in [5, 5.41) is 20.6. The lowest BCUT2D eigenvalue weighted by molar-refractivity contribution is -0.173. The molecule has 4 N–H and O–H groups in total. The van der Waals surface area contributed by atoms with Gasteiger partial charge in [-0.05, 0) is 32.4 Å². The average molecular weight is 648 g/mol. The number of thioether (sulfide) groups is 2. The highest BCUT2D eigenvalue weighted by Gasteiger charge is 2.54.